The van der Waals surface area contributed by atoms with Crippen molar-refractivity contribution >= 4 is 27.5 Å². The van der Waals surface area contributed by atoms with Gasteiger partial charge < -0.3 is 5.73 Å². The van der Waals surface area contributed by atoms with E-state index in [4.69, 9.17) is 10.7 Å². The summed E-state index contributed by atoms with van der Waals surface area (Å²) in [5.74, 6) is -0.128. The number of fused-ring (bicyclic) bond motifs is 1. The van der Waals surface area contributed by atoms with Crippen molar-refractivity contribution in [3.63, 3.8) is 0 Å². The fraction of sp³-hybridized carbons (Fsp3) is 0.174. The topological polar surface area (TPSA) is 78.0 Å². The van der Waals surface area contributed by atoms with Crippen molar-refractivity contribution in [2.75, 3.05) is 0 Å². The number of aryl methyl sites for hydroxylation is 2. The van der Waals surface area contributed by atoms with E-state index in [9.17, 15) is 9.59 Å². The lowest BCUT2D eigenvalue weighted by atomic mass is 10.0. The van der Waals surface area contributed by atoms with Crippen LogP contribution in [-0.2, 0) is 4.79 Å². The molecule has 6 heteroatoms. The molecule has 146 valence electrons. The predicted octanol–water partition coefficient (Wildman–Crippen LogP) is 4.46. The minimum absolute atomic E-state index is 0.255. The lowest BCUT2D eigenvalue weighted by Crippen LogP contribution is -2.33. The van der Waals surface area contributed by atoms with E-state index in [1.165, 1.54) is 21.5 Å². The minimum atomic E-state index is -0.817. The Balaban J connectivity index is 2.05. The zero-order valence-electron chi connectivity index (χ0n) is 16.5. The predicted molar refractivity (Wildman–Crippen MR) is 118 cm³/mol. The molecule has 2 aromatic carbocycles. The zero-order valence-corrected chi connectivity index (χ0v) is 17.3. The number of thiophene rings is 1. The first-order valence-corrected chi connectivity index (χ1v) is 10.2. The summed E-state index contributed by atoms with van der Waals surface area (Å²) >= 11 is 1.43. The van der Waals surface area contributed by atoms with Crippen molar-refractivity contribution in [3.05, 3.63) is 75.4 Å². The quantitative estimate of drug-likeness (QED) is 0.547. The number of amides is 1. The Kier molecular flexibility index (Phi) is 4.80. The van der Waals surface area contributed by atoms with Crippen LogP contribution in [0, 0.1) is 13.8 Å². The summed E-state index contributed by atoms with van der Waals surface area (Å²) in [7, 11) is 0. The Hall–Kier alpha value is -3.25. The van der Waals surface area contributed by atoms with E-state index in [1.807, 2.05) is 54.8 Å². The van der Waals surface area contributed by atoms with Gasteiger partial charge in [0.2, 0.25) is 5.91 Å². The third kappa shape index (κ3) is 3.25. The second kappa shape index (κ2) is 7.29. The number of benzene rings is 2. The van der Waals surface area contributed by atoms with Gasteiger partial charge in [-0.15, -0.1) is 11.3 Å². The van der Waals surface area contributed by atoms with Crippen molar-refractivity contribution in [1.29, 1.82) is 0 Å². The molecule has 4 aromatic rings. The fourth-order valence-electron chi connectivity index (χ4n) is 3.40. The second-order valence-electron chi connectivity index (χ2n) is 7.18. The number of aromatic nitrogens is 2. The maximum atomic E-state index is 13.6. The number of nitrogens with two attached hydrogens (primary N) is 1. The van der Waals surface area contributed by atoms with Gasteiger partial charge in [-0.05, 0) is 37.5 Å². The average Bonchev–Trinajstić information content (AvgIpc) is 3.14. The van der Waals surface area contributed by atoms with Crippen LogP contribution >= 0.6 is 11.3 Å². The Labute approximate surface area is 172 Å². The molecule has 0 saturated heterocycles. The Bertz CT molecular complexity index is 1290. The summed E-state index contributed by atoms with van der Waals surface area (Å²) in [5.41, 5.74) is 10.2. The highest BCUT2D eigenvalue weighted by molar-refractivity contribution is 7.17. The van der Waals surface area contributed by atoms with Gasteiger partial charge in [-0.3, -0.25) is 14.2 Å². The van der Waals surface area contributed by atoms with Crippen molar-refractivity contribution in [3.8, 4) is 22.5 Å². The summed E-state index contributed by atoms with van der Waals surface area (Å²) in [4.78, 5) is 31.0. The van der Waals surface area contributed by atoms with Crippen LogP contribution in [-0.4, -0.2) is 15.5 Å². The Morgan fingerprint density at radius 2 is 1.79 bits per heavy atom. The first-order chi connectivity index (χ1) is 13.9. The van der Waals surface area contributed by atoms with E-state index in [0.29, 0.717) is 16.0 Å². The molecular formula is C23H21N3O2S. The molecule has 0 saturated carbocycles. The third-order valence-electron chi connectivity index (χ3n) is 5.29. The number of nitrogens with zero attached hydrogens (tertiary/aromatic N) is 2. The highest BCUT2D eigenvalue weighted by atomic mass is 32.1. The molecule has 0 aliphatic heterocycles. The van der Waals surface area contributed by atoms with Crippen LogP contribution in [0.2, 0.25) is 0 Å². The SMILES string of the molecule is Cc1ccc(-c2csc3nc(-c4ccccc4)n(C(C)C(N)=O)c(=O)c23)cc1C. The van der Waals surface area contributed by atoms with Gasteiger partial charge in [0, 0.05) is 16.5 Å². The number of rotatable bonds is 4. The molecule has 4 rings (SSSR count). The van der Waals surface area contributed by atoms with E-state index in [0.717, 1.165) is 22.3 Å². The van der Waals surface area contributed by atoms with Crippen LogP contribution in [0.1, 0.15) is 24.1 Å². The lowest BCUT2D eigenvalue weighted by Gasteiger charge is -2.17. The average molecular weight is 404 g/mol. The zero-order chi connectivity index (χ0) is 20.7. The molecule has 1 atom stereocenters. The highest BCUT2D eigenvalue weighted by Gasteiger charge is 2.23. The van der Waals surface area contributed by atoms with Crippen LogP contribution < -0.4 is 11.3 Å². The number of primary amides is 1. The number of carbonyl (C=O) groups is 1. The van der Waals surface area contributed by atoms with Crippen molar-refractivity contribution in [1.82, 2.24) is 9.55 Å². The molecule has 2 heterocycles. The first-order valence-electron chi connectivity index (χ1n) is 9.34. The van der Waals surface area contributed by atoms with Gasteiger partial charge in [0.15, 0.2) is 0 Å². The molecular weight excluding hydrogens is 382 g/mol. The van der Waals surface area contributed by atoms with Crippen molar-refractivity contribution < 1.29 is 4.79 Å². The van der Waals surface area contributed by atoms with Crippen LogP contribution in [0.5, 0.6) is 0 Å². The third-order valence-corrected chi connectivity index (χ3v) is 6.16. The molecule has 0 bridgehead atoms. The molecule has 0 aliphatic carbocycles. The van der Waals surface area contributed by atoms with E-state index in [-0.39, 0.29) is 5.56 Å². The van der Waals surface area contributed by atoms with E-state index >= 15 is 0 Å². The van der Waals surface area contributed by atoms with Gasteiger partial charge >= 0.3 is 0 Å². The smallest absolute Gasteiger partial charge is 0.263 e. The van der Waals surface area contributed by atoms with Crippen LogP contribution in [0.25, 0.3) is 32.7 Å². The van der Waals surface area contributed by atoms with Gasteiger partial charge in [0.05, 0.1) is 5.39 Å². The molecule has 2 aromatic heterocycles. The lowest BCUT2D eigenvalue weighted by molar-refractivity contribution is -0.120. The first kappa shape index (κ1) is 19.1. The Morgan fingerprint density at radius 1 is 1.07 bits per heavy atom. The summed E-state index contributed by atoms with van der Waals surface area (Å²) in [6, 6.07) is 14.7. The molecule has 0 fully saturated rings. The summed E-state index contributed by atoms with van der Waals surface area (Å²) in [5, 5.41) is 2.48. The second-order valence-corrected chi connectivity index (χ2v) is 8.04. The fourth-order valence-corrected chi connectivity index (χ4v) is 4.34. The van der Waals surface area contributed by atoms with Crippen molar-refractivity contribution in [2.24, 2.45) is 5.73 Å². The van der Waals surface area contributed by atoms with Crippen LogP contribution in [0.3, 0.4) is 0 Å². The summed E-state index contributed by atoms with van der Waals surface area (Å²) in [6.07, 6.45) is 0. The van der Waals surface area contributed by atoms with Gasteiger partial charge in [-0.1, -0.05) is 48.5 Å². The van der Waals surface area contributed by atoms with E-state index in [1.54, 1.807) is 6.92 Å². The largest absolute Gasteiger partial charge is 0.368 e. The summed E-state index contributed by atoms with van der Waals surface area (Å²) in [6.45, 7) is 5.73. The van der Waals surface area contributed by atoms with Crippen molar-refractivity contribution in [2.45, 2.75) is 26.8 Å². The molecule has 1 amide bonds. The molecule has 29 heavy (non-hydrogen) atoms. The standard InChI is InChI=1S/C23H21N3O2S/c1-13-9-10-17(11-14(13)2)18-12-29-22-19(18)23(28)26(15(3)20(24)27)21(25-22)16-7-5-4-6-8-16/h4-12,15H,1-3H3,(H2,24,27). The van der Waals surface area contributed by atoms with Gasteiger partial charge in [-0.25, -0.2) is 4.98 Å². The minimum Gasteiger partial charge on any atom is -0.368 e. The van der Waals surface area contributed by atoms with E-state index in [2.05, 4.69) is 13.0 Å². The van der Waals surface area contributed by atoms with Crippen LogP contribution in [0.4, 0.5) is 0 Å². The molecule has 0 radical (unpaired) electrons. The molecule has 2 N–H and O–H groups in total. The normalized spacial score (nSPS) is 12.2. The van der Waals surface area contributed by atoms with Gasteiger partial charge in [-0.2, -0.15) is 0 Å². The maximum absolute atomic E-state index is 13.6. The number of hydrogen-bond acceptors (Lipinski definition) is 4. The van der Waals surface area contributed by atoms with Crippen LogP contribution in [0.15, 0.2) is 58.7 Å². The molecule has 1 unspecified atom stereocenters. The Morgan fingerprint density at radius 3 is 2.45 bits per heavy atom. The molecule has 5 nitrogen and oxygen atoms in total. The van der Waals surface area contributed by atoms with Gasteiger partial charge in [0.25, 0.3) is 5.56 Å². The van der Waals surface area contributed by atoms with Gasteiger partial charge in [0.1, 0.15) is 16.7 Å². The summed E-state index contributed by atoms with van der Waals surface area (Å²) < 4.78 is 1.41. The number of carbonyl (C=O) groups excluding carboxylic acids is 1. The molecule has 0 aliphatic rings. The van der Waals surface area contributed by atoms with E-state index < -0.39 is 11.9 Å². The maximum Gasteiger partial charge on any atom is 0.263 e. The molecule has 0 spiro atoms. The number of hydrogen-bond donors (Lipinski definition) is 1. The monoisotopic (exact) mass is 403 g/mol. The highest BCUT2D eigenvalue weighted by Crippen LogP contribution is 2.33.